The standard InChI is InChI=1S/C26H25N3O4/c1-16(2)33-21-7-6-20(13-17(21)3)24(30)22-23(19-8-11-27-12-9-19)29(26(32)25(22)31)15-18-5-4-10-28-14-18/h4-14,16,23,30H,15H2,1-3H3/t23-/m1/s1. The minimum atomic E-state index is -0.750. The molecule has 1 aromatic carbocycles. The van der Waals surface area contributed by atoms with E-state index in [0.29, 0.717) is 16.9 Å². The number of ether oxygens (including phenoxy) is 1. The second kappa shape index (κ2) is 9.24. The second-order valence-corrected chi connectivity index (χ2v) is 8.22. The van der Waals surface area contributed by atoms with Gasteiger partial charge in [-0.05, 0) is 73.9 Å². The zero-order valence-electron chi connectivity index (χ0n) is 18.7. The summed E-state index contributed by atoms with van der Waals surface area (Å²) >= 11 is 0. The normalized spacial score (nSPS) is 17.6. The summed E-state index contributed by atoms with van der Waals surface area (Å²) in [5.74, 6) is -0.913. The van der Waals surface area contributed by atoms with E-state index < -0.39 is 17.7 Å². The molecule has 1 saturated heterocycles. The summed E-state index contributed by atoms with van der Waals surface area (Å²) < 4.78 is 5.78. The Morgan fingerprint density at radius 3 is 2.48 bits per heavy atom. The highest BCUT2D eigenvalue weighted by atomic mass is 16.5. The van der Waals surface area contributed by atoms with Gasteiger partial charge in [0.2, 0.25) is 0 Å². The lowest BCUT2D eigenvalue weighted by Gasteiger charge is -2.25. The van der Waals surface area contributed by atoms with Crippen LogP contribution in [-0.2, 0) is 16.1 Å². The van der Waals surface area contributed by atoms with E-state index in [2.05, 4.69) is 9.97 Å². The summed E-state index contributed by atoms with van der Waals surface area (Å²) in [6, 6.07) is 11.6. The number of ketones is 1. The molecule has 4 rings (SSSR count). The number of amides is 1. The molecule has 168 valence electrons. The van der Waals surface area contributed by atoms with Gasteiger partial charge in [0, 0.05) is 36.9 Å². The Hall–Kier alpha value is -4.00. The lowest BCUT2D eigenvalue weighted by atomic mass is 9.95. The molecule has 1 amide bonds. The minimum absolute atomic E-state index is 0.00707. The van der Waals surface area contributed by atoms with E-state index in [4.69, 9.17) is 4.74 Å². The molecule has 0 radical (unpaired) electrons. The number of aromatic nitrogens is 2. The topological polar surface area (TPSA) is 92.6 Å². The molecule has 0 saturated carbocycles. The lowest BCUT2D eigenvalue weighted by Crippen LogP contribution is -2.29. The van der Waals surface area contributed by atoms with Crippen molar-refractivity contribution in [2.45, 2.75) is 39.5 Å². The van der Waals surface area contributed by atoms with Gasteiger partial charge in [-0.2, -0.15) is 0 Å². The van der Waals surface area contributed by atoms with Crippen molar-refractivity contribution >= 4 is 17.4 Å². The lowest BCUT2D eigenvalue weighted by molar-refractivity contribution is -0.140. The van der Waals surface area contributed by atoms with Crippen LogP contribution in [0.1, 0.15) is 42.1 Å². The number of nitrogens with zero attached hydrogens (tertiary/aromatic N) is 3. The van der Waals surface area contributed by atoms with Gasteiger partial charge in [0.1, 0.15) is 11.5 Å². The number of aliphatic hydroxyl groups is 1. The van der Waals surface area contributed by atoms with Crippen LogP contribution in [-0.4, -0.2) is 37.8 Å². The van der Waals surface area contributed by atoms with E-state index in [-0.39, 0.29) is 24.0 Å². The Labute approximate surface area is 192 Å². The number of aryl methyl sites for hydroxylation is 1. The monoisotopic (exact) mass is 443 g/mol. The first-order valence-electron chi connectivity index (χ1n) is 10.7. The van der Waals surface area contributed by atoms with Crippen LogP contribution in [0.15, 0.2) is 72.8 Å². The smallest absolute Gasteiger partial charge is 0.295 e. The third kappa shape index (κ3) is 4.48. The molecular formula is C26H25N3O4. The maximum absolute atomic E-state index is 13.1. The first-order chi connectivity index (χ1) is 15.9. The van der Waals surface area contributed by atoms with E-state index >= 15 is 0 Å². The van der Waals surface area contributed by atoms with Crippen LogP contribution in [0, 0.1) is 6.92 Å². The molecule has 33 heavy (non-hydrogen) atoms. The predicted octanol–water partition coefficient (Wildman–Crippen LogP) is 4.19. The molecule has 7 heteroatoms. The highest BCUT2D eigenvalue weighted by molar-refractivity contribution is 6.46. The zero-order valence-corrected chi connectivity index (χ0v) is 18.7. The number of aliphatic hydroxyl groups excluding tert-OH is 1. The van der Waals surface area contributed by atoms with Gasteiger partial charge in [0.05, 0.1) is 17.7 Å². The van der Waals surface area contributed by atoms with Crippen LogP contribution in [0.3, 0.4) is 0 Å². The molecule has 1 fully saturated rings. The number of likely N-dealkylation sites (tertiary alicyclic amines) is 1. The van der Waals surface area contributed by atoms with Gasteiger partial charge in [-0.1, -0.05) is 6.07 Å². The SMILES string of the molecule is Cc1cc(C(O)=C2C(=O)C(=O)N(Cc3cccnc3)[C@@H]2c2ccncc2)ccc1OC(C)C. The zero-order chi connectivity index (χ0) is 23.5. The fraction of sp³-hybridized carbons (Fsp3) is 0.231. The van der Waals surface area contributed by atoms with Crippen LogP contribution in [0.4, 0.5) is 0 Å². The molecule has 1 N–H and O–H groups in total. The second-order valence-electron chi connectivity index (χ2n) is 8.22. The van der Waals surface area contributed by atoms with E-state index in [9.17, 15) is 14.7 Å². The Morgan fingerprint density at radius 2 is 1.85 bits per heavy atom. The van der Waals surface area contributed by atoms with Crippen molar-refractivity contribution in [3.63, 3.8) is 0 Å². The molecule has 1 aliphatic rings. The van der Waals surface area contributed by atoms with Gasteiger partial charge in [0.25, 0.3) is 11.7 Å². The van der Waals surface area contributed by atoms with Gasteiger partial charge in [-0.15, -0.1) is 0 Å². The van der Waals surface area contributed by atoms with E-state index in [1.54, 1.807) is 61.2 Å². The number of hydrogen-bond acceptors (Lipinski definition) is 6. The highest BCUT2D eigenvalue weighted by Gasteiger charge is 2.46. The molecular weight excluding hydrogens is 418 g/mol. The summed E-state index contributed by atoms with van der Waals surface area (Å²) in [6.07, 6.45) is 6.50. The van der Waals surface area contributed by atoms with E-state index in [0.717, 1.165) is 11.1 Å². The Kier molecular flexibility index (Phi) is 6.22. The molecule has 0 unspecified atom stereocenters. The maximum atomic E-state index is 13.1. The molecule has 2 aromatic heterocycles. The first kappa shape index (κ1) is 22.2. The summed E-state index contributed by atoms with van der Waals surface area (Å²) in [5.41, 5.74) is 2.78. The number of pyridine rings is 2. The van der Waals surface area contributed by atoms with Crippen LogP contribution >= 0.6 is 0 Å². The van der Waals surface area contributed by atoms with Crippen LogP contribution < -0.4 is 4.74 Å². The molecule has 3 heterocycles. The Balaban J connectivity index is 1.81. The third-order valence-electron chi connectivity index (χ3n) is 5.45. The molecule has 1 atom stereocenters. The molecule has 1 aliphatic heterocycles. The van der Waals surface area contributed by atoms with Gasteiger partial charge >= 0.3 is 0 Å². The summed E-state index contributed by atoms with van der Waals surface area (Å²) in [4.78, 5) is 35.8. The van der Waals surface area contributed by atoms with Crippen LogP contribution in [0.2, 0.25) is 0 Å². The number of carbonyl (C=O) groups excluding carboxylic acids is 2. The fourth-order valence-electron chi connectivity index (χ4n) is 3.96. The van der Waals surface area contributed by atoms with Crippen molar-refractivity contribution in [1.82, 2.24) is 14.9 Å². The van der Waals surface area contributed by atoms with Crippen molar-refractivity contribution in [2.24, 2.45) is 0 Å². The number of carbonyl (C=O) groups is 2. The van der Waals surface area contributed by atoms with E-state index in [1.165, 1.54) is 4.90 Å². The van der Waals surface area contributed by atoms with Crippen molar-refractivity contribution in [2.75, 3.05) is 0 Å². The number of rotatable bonds is 6. The van der Waals surface area contributed by atoms with Crippen molar-refractivity contribution in [3.8, 4) is 5.75 Å². The minimum Gasteiger partial charge on any atom is -0.507 e. The largest absolute Gasteiger partial charge is 0.507 e. The molecule has 0 spiro atoms. The van der Waals surface area contributed by atoms with Gasteiger partial charge in [-0.3, -0.25) is 19.6 Å². The number of Topliss-reactive ketones (excluding diaryl/α,β-unsaturated/α-hetero) is 1. The first-order valence-corrected chi connectivity index (χ1v) is 10.7. The average Bonchev–Trinajstić information content (AvgIpc) is 3.06. The average molecular weight is 444 g/mol. The predicted molar refractivity (Wildman–Crippen MR) is 123 cm³/mol. The summed E-state index contributed by atoms with van der Waals surface area (Å²) in [6.45, 7) is 5.93. The highest BCUT2D eigenvalue weighted by Crippen LogP contribution is 2.40. The number of hydrogen-bond donors (Lipinski definition) is 1. The maximum Gasteiger partial charge on any atom is 0.295 e. The Bertz CT molecular complexity index is 1210. The fourth-order valence-corrected chi connectivity index (χ4v) is 3.96. The van der Waals surface area contributed by atoms with Crippen molar-refractivity contribution in [3.05, 3.63) is 95.1 Å². The molecule has 0 bridgehead atoms. The van der Waals surface area contributed by atoms with Crippen molar-refractivity contribution < 1.29 is 19.4 Å². The van der Waals surface area contributed by atoms with Gasteiger partial charge < -0.3 is 14.7 Å². The quantitative estimate of drug-likeness (QED) is 0.349. The van der Waals surface area contributed by atoms with Gasteiger partial charge in [-0.25, -0.2) is 0 Å². The molecule has 3 aromatic rings. The molecule has 7 nitrogen and oxygen atoms in total. The third-order valence-corrected chi connectivity index (χ3v) is 5.45. The summed E-state index contributed by atoms with van der Waals surface area (Å²) in [7, 11) is 0. The van der Waals surface area contributed by atoms with Gasteiger partial charge in [0.15, 0.2) is 0 Å². The Morgan fingerprint density at radius 1 is 1.09 bits per heavy atom. The summed E-state index contributed by atoms with van der Waals surface area (Å²) in [5, 5.41) is 11.2. The van der Waals surface area contributed by atoms with Crippen LogP contribution in [0.5, 0.6) is 5.75 Å². The van der Waals surface area contributed by atoms with Crippen molar-refractivity contribution in [1.29, 1.82) is 0 Å². The van der Waals surface area contributed by atoms with Crippen LogP contribution in [0.25, 0.3) is 5.76 Å². The molecule has 0 aliphatic carbocycles. The number of benzene rings is 1. The van der Waals surface area contributed by atoms with E-state index in [1.807, 2.05) is 26.8 Å².